The summed E-state index contributed by atoms with van der Waals surface area (Å²) in [6, 6.07) is 11.7. The Morgan fingerprint density at radius 3 is 0.921 bits per heavy atom. The Balaban J connectivity index is 0.000000144. The molecule has 4 aliphatic heterocycles. The van der Waals surface area contributed by atoms with E-state index >= 15 is 0 Å². The van der Waals surface area contributed by atoms with Crippen molar-refractivity contribution in [3.05, 3.63) is 246 Å². The van der Waals surface area contributed by atoms with Crippen molar-refractivity contribution in [2.45, 2.75) is 195 Å². The minimum absolute atomic E-state index is 0.00106. The van der Waals surface area contributed by atoms with Crippen LogP contribution < -0.4 is 5.73 Å². The van der Waals surface area contributed by atoms with Gasteiger partial charge in [0.05, 0.1) is 79.4 Å². The number of nitrogens with zero attached hydrogens (tertiary/aromatic N) is 13. The van der Waals surface area contributed by atoms with Gasteiger partial charge in [-0.05, 0) is 202 Å². The van der Waals surface area contributed by atoms with Gasteiger partial charge in [-0.1, -0.05) is 0 Å². The summed E-state index contributed by atoms with van der Waals surface area (Å²) < 4.78 is 372. The van der Waals surface area contributed by atoms with E-state index in [1.807, 2.05) is 0 Å². The zero-order valence-electron chi connectivity index (χ0n) is 71.0. The van der Waals surface area contributed by atoms with Crippen LogP contribution >= 0.6 is 0 Å². The molecule has 52 heteroatoms. The van der Waals surface area contributed by atoms with Crippen LogP contribution in [0.15, 0.2) is 191 Å². The molecule has 8 aliphatic rings. The fourth-order valence-corrected chi connectivity index (χ4v) is 25.9. The fourth-order valence-electron chi connectivity index (χ4n) is 18.5. The first kappa shape index (κ1) is 103. The van der Waals surface area contributed by atoms with Gasteiger partial charge in [-0.2, -0.15) is 56.7 Å². The Morgan fingerprint density at radius 1 is 0.338 bits per heavy atom. The van der Waals surface area contributed by atoms with Crippen LogP contribution in [0, 0.1) is 64.4 Å². The molecule has 0 amide bonds. The molecule has 4 saturated heterocycles. The van der Waals surface area contributed by atoms with Gasteiger partial charge in [0.15, 0.2) is 11.6 Å². The summed E-state index contributed by atoms with van der Waals surface area (Å²) >= 11 is 0. The zero-order valence-corrected chi connectivity index (χ0v) is 74.2. The van der Waals surface area contributed by atoms with Crippen molar-refractivity contribution in [2.75, 3.05) is 0 Å². The van der Waals surface area contributed by atoms with Gasteiger partial charge in [-0.15, -0.1) is 0 Å². The summed E-state index contributed by atoms with van der Waals surface area (Å²) in [6.07, 6.45) is -11.6. The van der Waals surface area contributed by atoms with E-state index < -0.39 is 237 Å². The molecule has 18 rings (SSSR count). The summed E-state index contributed by atoms with van der Waals surface area (Å²) in [5.41, 5.74) is 6.40. The van der Waals surface area contributed by atoms with Crippen molar-refractivity contribution < 1.29 is 151 Å². The van der Waals surface area contributed by atoms with Crippen molar-refractivity contribution in [3.8, 4) is 33.8 Å². The van der Waals surface area contributed by atoms with Crippen LogP contribution in [0.5, 0.6) is 0 Å². The average Bonchev–Trinajstić information content (AvgIpc) is 1.60. The molecule has 4 N–H and O–H groups in total. The first-order valence-corrected chi connectivity index (χ1v) is 47.6. The topological polar surface area (TPSA) is 400 Å². The number of sulfonamides is 4. The number of aryl methyl sites for hydroxylation is 2. The molecule has 740 valence electrons. The van der Waals surface area contributed by atoms with E-state index in [0.29, 0.717) is 0 Å². The third kappa shape index (κ3) is 21.7. The molecule has 0 spiro atoms. The number of carboxylic acids is 2. The number of benzene rings is 4. The average molecular weight is 2050 g/mol. The van der Waals surface area contributed by atoms with Crippen LogP contribution in [0.1, 0.15) is 98.4 Å². The minimum atomic E-state index is -4.74. The van der Waals surface area contributed by atoms with Crippen LogP contribution in [0.4, 0.5) is 87.8 Å². The third-order valence-electron chi connectivity index (χ3n) is 24.8. The summed E-state index contributed by atoms with van der Waals surface area (Å²) in [5.74, 6) is -15.1. The monoisotopic (exact) mass is 2050 g/mol. The second-order valence-corrected chi connectivity index (χ2v) is 40.7. The van der Waals surface area contributed by atoms with Gasteiger partial charge in [0, 0.05) is 103 Å². The van der Waals surface area contributed by atoms with Crippen molar-refractivity contribution >= 4 is 63.6 Å². The Hall–Kier alpha value is -12.0. The van der Waals surface area contributed by atoms with Gasteiger partial charge in [-0.3, -0.25) is 34.1 Å². The standard InChI is InChI=1S/2C25H20F6N4O3S.2C13H13F2NO4S.C11H8F4N4/c26-16-2-4-17(5-3-16)39(37,38)35-21-9-14(7-18(21)27)23(35)22(36)6-1-13-8-20(32-12-19(13)28)15-10-33-24(34-11-15)25(29,30)31;26-15-2-4-17(5-3-15)39(37,38)35-16-8-18(19(27)9-16)23(35)22(36)6-1-13-7-21(32-12-20(13)28)14-10-33-24(34-11-14)25(29,30)31;14-8-1-3-9(4-2-8)21(19,20)16-11-6-7(5-10(11)15)12(16)13(17)18;14-7-1-3-9(4-2-7)21(19,20)16-8-5-10(11(15)6-8)12(16)13(17)18;12-8-5-17-9(1-6(8)2-16)7-3-18-10(19-4-7)11(13,14)15/h2-5,8,10-12,14,18,21,23H,1,6-7,9H2;2-5,7,10-12,16,18-19,23H,1,6,8-9H2;1-4,7,10-12H,5-6H2,(H,17,18);1-4,8,10-12H,5-6H2,(H,17,18);1,3-5H,2,16H2/t14-,18+,21?,23?;16-,18?,19-,23-;;;/m00.../s1. The maximum Gasteiger partial charge on any atom is 0.451 e. The van der Waals surface area contributed by atoms with Crippen LogP contribution in [0.2, 0.25) is 0 Å². The smallest absolute Gasteiger partial charge is 0.451 e. The molecule has 8 fully saturated rings. The van der Waals surface area contributed by atoms with Crippen molar-refractivity contribution in [1.29, 1.82) is 0 Å². The number of piperidine rings is 4. The van der Waals surface area contributed by atoms with E-state index in [2.05, 4.69) is 44.9 Å². The Morgan fingerprint density at radius 2 is 0.612 bits per heavy atom. The molecule has 10 heterocycles. The van der Waals surface area contributed by atoms with E-state index in [1.165, 1.54) is 18.2 Å². The zero-order chi connectivity index (χ0) is 101. The largest absolute Gasteiger partial charge is 0.480 e. The van der Waals surface area contributed by atoms with Crippen LogP contribution in [-0.4, -0.2) is 202 Å². The summed E-state index contributed by atoms with van der Waals surface area (Å²) in [6.45, 7) is -0.0388. The molecule has 0 radical (unpaired) electrons. The lowest BCUT2D eigenvalue weighted by Gasteiger charge is -2.35. The van der Waals surface area contributed by atoms with Gasteiger partial charge >= 0.3 is 30.5 Å². The lowest BCUT2D eigenvalue weighted by atomic mass is 9.92. The summed E-state index contributed by atoms with van der Waals surface area (Å²) in [7, 11) is -16.8. The van der Waals surface area contributed by atoms with Gasteiger partial charge in [0.1, 0.15) is 77.5 Å². The van der Waals surface area contributed by atoms with Gasteiger partial charge < -0.3 is 15.9 Å². The highest BCUT2D eigenvalue weighted by molar-refractivity contribution is 7.90. The molecular formula is C87H74F20N14O14S4. The Kier molecular flexibility index (Phi) is 29.9. The number of nitrogens with two attached hydrogens (primary N) is 1. The number of carbonyl (C=O) groups is 4. The molecule has 16 atom stereocenters. The minimum Gasteiger partial charge on any atom is -0.480 e. The molecule has 4 saturated carbocycles. The SMILES string of the molecule is NCc1cc(-c2cnc(C(F)(F)F)nc2)ncc1F.O=C(CCc1cc(-c2cnc(C(F)(F)F)nc2)ncc1F)C1[C@@H]2CC([C@H](F)C2)N1S(=O)(=O)c1ccc(F)cc1.O=C(CCc1cc(-c2cnc(C(F)(F)F)nc2)ncc1F)[C@@H]1C2C[C@@H](C[C@@H]2F)N1S(=O)(=O)c1ccc(F)cc1.O=C(O)C1C2CC(CC2F)N1S(=O)(=O)c1ccc(F)cc1.O=C(O)C1C2CC(F)C(C2)N1S(=O)(=O)c1ccc(F)cc1. The number of rotatable bonds is 22. The number of pyridine rings is 3. The van der Waals surface area contributed by atoms with Gasteiger partial charge in [-0.25, -0.2) is 112 Å². The van der Waals surface area contributed by atoms with Crippen molar-refractivity contribution in [1.82, 2.24) is 62.1 Å². The second kappa shape index (κ2) is 40.3. The second-order valence-electron chi connectivity index (χ2n) is 33.4. The van der Waals surface area contributed by atoms with Gasteiger partial charge in [0.25, 0.3) is 0 Å². The van der Waals surface area contributed by atoms with Crippen LogP contribution in [-0.2, 0) is 97.2 Å². The lowest BCUT2D eigenvalue weighted by Crippen LogP contribution is -2.52. The van der Waals surface area contributed by atoms with Crippen molar-refractivity contribution in [2.24, 2.45) is 29.4 Å². The van der Waals surface area contributed by atoms with Crippen LogP contribution in [0.3, 0.4) is 0 Å². The molecule has 6 aromatic heterocycles. The quantitative estimate of drug-likeness (QED) is 0.0530. The first-order chi connectivity index (χ1) is 65.3. The summed E-state index contributed by atoms with van der Waals surface area (Å²) in [5, 5.41) is 18.5. The lowest BCUT2D eigenvalue weighted by molar-refractivity contribution is -0.145. The summed E-state index contributed by atoms with van der Waals surface area (Å²) in [4.78, 5) is 79.3. The number of hydrogen-bond donors (Lipinski definition) is 3. The number of aromatic nitrogens is 9. The molecule has 4 aliphatic carbocycles. The van der Waals surface area contributed by atoms with E-state index in [9.17, 15) is 151 Å². The maximum absolute atomic E-state index is 14.6. The number of aliphatic carboxylic acids is 2. The van der Waals surface area contributed by atoms with E-state index in [4.69, 9.17) is 5.73 Å². The van der Waals surface area contributed by atoms with E-state index in [0.717, 1.165) is 170 Å². The molecular weight excluding hydrogens is 1970 g/mol. The van der Waals surface area contributed by atoms with Crippen molar-refractivity contribution in [3.63, 3.8) is 0 Å². The number of alkyl halides is 13. The molecule has 8 bridgehead atoms. The molecule has 4 aromatic carbocycles. The number of carboxylic acid groups (broad SMARTS) is 2. The molecule has 28 nitrogen and oxygen atoms in total. The number of carbonyl (C=O) groups excluding carboxylic acids is 2. The highest BCUT2D eigenvalue weighted by atomic mass is 32.2. The maximum atomic E-state index is 14.6. The fraction of sp³-hybridized carbons (Fsp3) is 0.368. The van der Waals surface area contributed by atoms with E-state index in [-0.39, 0.29) is 154 Å². The normalized spacial score (nSPS) is 24.5. The predicted molar refractivity (Wildman–Crippen MR) is 443 cm³/mol. The molecule has 11 unspecified atom stereocenters. The number of halogens is 20. The highest BCUT2D eigenvalue weighted by Gasteiger charge is 2.63. The third-order valence-corrected chi connectivity index (χ3v) is 32.5. The number of ketones is 2. The Bertz CT molecular complexity index is 6740. The predicted octanol–water partition coefficient (Wildman–Crippen LogP) is 14.0. The van der Waals surface area contributed by atoms with Gasteiger partial charge in [0.2, 0.25) is 57.6 Å². The molecule has 10 aromatic rings. The first-order valence-electron chi connectivity index (χ1n) is 41.8. The molecule has 139 heavy (non-hydrogen) atoms. The Labute approximate surface area is 776 Å². The number of hydrogen-bond acceptors (Lipinski definition) is 22. The van der Waals surface area contributed by atoms with E-state index in [1.54, 1.807) is 0 Å². The highest BCUT2D eigenvalue weighted by Crippen LogP contribution is 2.52. The number of Topliss-reactive ketones (excluding diaryl/α,β-unsaturated/α-hetero) is 2. The van der Waals surface area contributed by atoms with Crippen LogP contribution in [0.25, 0.3) is 33.8 Å². The number of fused-ring (bicyclic) bond motifs is 8.